The number of pyridine rings is 1. The minimum atomic E-state index is 0.434. The molecule has 100 valence electrons. The van der Waals surface area contributed by atoms with E-state index in [-0.39, 0.29) is 0 Å². The quantitative estimate of drug-likeness (QED) is 0.781. The summed E-state index contributed by atoms with van der Waals surface area (Å²) in [5, 5.41) is 1.05. The number of ether oxygens (including phenoxy) is 1. The molecule has 0 unspecified atom stereocenters. The number of fused-ring (bicyclic) bond motifs is 1. The minimum Gasteiger partial charge on any atom is -0.455 e. The average molecular weight is 329 g/mol. The van der Waals surface area contributed by atoms with Gasteiger partial charge in [-0.25, -0.2) is 0 Å². The Balaban J connectivity index is 1.98. The van der Waals surface area contributed by atoms with Crippen molar-refractivity contribution in [2.75, 3.05) is 0 Å². The summed E-state index contributed by atoms with van der Waals surface area (Å²) in [6.45, 7) is 0.434. The molecule has 3 rings (SSSR count). The van der Waals surface area contributed by atoms with E-state index < -0.39 is 0 Å². The molecule has 2 aromatic carbocycles. The number of benzene rings is 2. The Morgan fingerprint density at radius 3 is 2.80 bits per heavy atom. The fourth-order valence-electron chi connectivity index (χ4n) is 2.03. The van der Waals surface area contributed by atoms with Crippen molar-refractivity contribution < 1.29 is 4.74 Å². The van der Waals surface area contributed by atoms with Gasteiger partial charge >= 0.3 is 0 Å². The van der Waals surface area contributed by atoms with Gasteiger partial charge in [-0.3, -0.25) is 4.98 Å². The molecule has 0 saturated carbocycles. The van der Waals surface area contributed by atoms with E-state index in [0.29, 0.717) is 12.3 Å². The fraction of sp³-hybridized carbons (Fsp3) is 0.0625. The Morgan fingerprint density at radius 2 is 1.95 bits per heavy atom. The minimum absolute atomic E-state index is 0.434. The third-order valence-electron chi connectivity index (χ3n) is 3.04. The summed E-state index contributed by atoms with van der Waals surface area (Å²) in [4.78, 5) is 4.39. The van der Waals surface area contributed by atoms with Crippen molar-refractivity contribution in [3.8, 4) is 11.5 Å². The van der Waals surface area contributed by atoms with Gasteiger partial charge in [-0.15, -0.1) is 0 Å². The zero-order valence-electron chi connectivity index (χ0n) is 10.7. The van der Waals surface area contributed by atoms with E-state index in [1.807, 2.05) is 48.5 Å². The highest BCUT2D eigenvalue weighted by atomic mass is 79.9. The molecular formula is C16H13BrN2O. The highest BCUT2D eigenvalue weighted by molar-refractivity contribution is 9.10. The first-order chi connectivity index (χ1) is 9.76. The van der Waals surface area contributed by atoms with E-state index in [4.69, 9.17) is 10.5 Å². The average Bonchev–Trinajstić information content (AvgIpc) is 2.47. The maximum atomic E-state index is 5.92. The number of aromatic nitrogens is 1. The van der Waals surface area contributed by atoms with Crippen LogP contribution in [-0.4, -0.2) is 4.98 Å². The number of para-hydroxylation sites is 1. The summed E-state index contributed by atoms with van der Waals surface area (Å²) in [7, 11) is 0. The first-order valence-corrected chi connectivity index (χ1v) is 7.07. The maximum absolute atomic E-state index is 5.92. The third kappa shape index (κ3) is 2.66. The molecule has 4 heteroatoms. The van der Waals surface area contributed by atoms with E-state index in [9.17, 15) is 0 Å². The third-order valence-corrected chi connectivity index (χ3v) is 3.54. The zero-order valence-corrected chi connectivity index (χ0v) is 12.3. The van der Waals surface area contributed by atoms with E-state index >= 15 is 0 Å². The van der Waals surface area contributed by atoms with Gasteiger partial charge in [0, 0.05) is 22.0 Å². The molecule has 0 amide bonds. The van der Waals surface area contributed by atoms with Gasteiger partial charge in [-0.1, -0.05) is 40.2 Å². The van der Waals surface area contributed by atoms with E-state index in [2.05, 4.69) is 20.9 Å². The highest BCUT2D eigenvalue weighted by Crippen LogP contribution is 2.29. The number of nitrogens with zero attached hydrogens (tertiary/aromatic N) is 1. The molecule has 0 bridgehead atoms. The van der Waals surface area contributed by atoms with Crippen LogP contribution >= 0.6 is 15.9 Å². The maximum Gasteiger partial charge on any atom is 0.146 e. The van der Waals surface area contributed by atoms with Gasteiger partial charge in [-0.05, 0) is 24.3 Å². The second-order valence-electron chi connectivity index (χ2n) is 4.42. The summed E-state index contributed by atoms with van der Waals surface area (Å²) in [6.07, 6.45) is 1.73. The predicted octanol–water partition coefficient (Wildman–Crippen LogP) is 4.25. The fourth-order valence-corrected chi connectivity index (χ4v) is 2.37. The lowest BCUT2D eigenvalue weighted by Gasteiger charge is -2.10. The van der Waals surface area contributed by atoms with Gasteiger partial charge in [-0.2, -0.15) is 0 Å². The summed E-state index contributed by atoms with van der Waals surface area (Å²) in [5.41, 5.74) is 7.65. The van der Waals surface area contributed by atoms with E-state index in [1.165, 1.54) is 0 Å². The monoisotopic (exact) mass is 328 g/mol. The molecule has 3 nitrogen and oxygen atoms in total. The molecule has 0 saturated heterocycles. The zero-order chi connectivity index (χ0) is 13.9. The number of hydrogen-bond acceptors (Lipinski definition) is 3. The van der Waals surface area contributed by atoms with Crippen molar-refractivity contribution in [2.24, 2.45) is 5.73 Å². The molecule has 0 aliphatic carbocycles. The van der Waals surface area contributed by atoms with Gasteiger partial charge in [0.2, 0.25) is 0 Å². The van der Waals surface area contributed by atoms with Gasteiger partial charge in [0.1, 0.15) is 11.5 Å². The predicted molar refractivity (Wildman–Crippen MR) is 83.9 cm³/mol. The molecule has 0 radical (unpaired) electrons. The van der Waals surface area contributed by atoms with E-state index in [0.717, 1.165) is 26.7 Å². The Kier molecular flexibility index (Phi) is 3.67. The smallest absolute Gasteiger partial charge is 0.146 e. The Hall–Kier alpha value is -1.91. The number of halogens is 1. The van der Waals surface area contributed by atoms with Crippen LogP contribution in [0.4, 0.5) is 0 Å². The Labute approximate surface area is 125 Å². The van der Waals surface area contributed by atoms with Crippen LogP contribution in [0.1, 0.15) is 5.56 Å². The van der Waals surface area contributed by atoms with Gasteiger partial charge in [0.25, 0.3) is 0 Å². The molecule has 1 aromatic heterocycles. The van der Waals surface area contributed by atoms with Gasteiger partial charge < -0.3 is 10.5 Å². The standard InChI is InChI=1S/C16H13BrN2O/c17-13-6-5-12(9-18)16(8-13)20-14-7-11-3-1-2-4-15(11)19-10-14/h1-8,10H,9,18H2. The molecule has 1 heterocycles. The van der Waals surface area contributed by atoms with Crippen LogP contribution in [0, 0.1) is 0 Å². The second-order valence-corrected chi connectivity index (χ2v) is 5.34. The van der Waals surface area contributed by atoms with Crippen molar-refractivity contribution in [1.29, 1.82) is 0 Å². The number of nitrogens with two attached hydrogens (primary N) is 1. The van der Waals surface area contributed by atoms with Crippen molar-refractivity contribution in [3.05, 3.63) is 64.8 Å². The molecule has 0 fully saturated rings. The van der Waals surface area contributed by atoms with Crippen molar-refractivity contribution in [1.82, 2.24) is 4.98 Å². The summed E-state index contributed by atoms with van der Waals surface area (Å²) >= 11 is 3.44. The molecule has 2 N–H and O–H groups in total. The van der Waals surface area contributed by atoms with Crippen LogP contribution in [-0.2, 0) is 6.54 Å². The first kappa shape index (κ1) is 13.1. The van der Waals surface area contributed by atoms with Crippen LogP contribution in [0.2, 0.25) is 0 Å². The number of hydrogen-bond donors (Lipinski definition) is 1. The van der Waals surface area contributed by atoms with Crippen LogP contribution < -0.4 is 10.5 Å². The van der Waals surface area contributed by atoms with Gasteiger partial charge in [0.15, 0.2) is 0 Å². The lowest BCUT2D eigenvalue weighted by molar-refractivity contribution is 0.475. The van der Waals surface area contributed by atoms with Gasteiger partial charge in [0.05, 0.1) is 11.7 Å². The van der Waals surface area contributed by atoms with Crippen LogP contribution in [0.25, 0.3) is 10.9 Å². The van der Waals surface area contributed by atoms with Crippen molar-refractivity contribution in [3.63, 3.8) is 0 Å². The van der Waals surface area contributed by atoms with Crippen LogP contribution in [0.5, 0.6) is 11.5 Å². The molecule has 20 heavy (non-hydrogen) atoms. The molecule has 0 aliphatic rings. The van der Waals surface area contributed by atoms with Crippen LogP contribution in [0.3, 0.4) is 0 Å². The highest BCUT2D eigenvalue weighted by Gasteiger charge is 2.06. The normalized spacial score (nSPS) is 10.7. The topological polar surface area (TPSA) is 48.1 Å². The summed E-state index contributed by atoms with van der Waals surface area (Å²) in [5.74, 6) is 1.45. The molecule has 0 aliphatic heterocycles. The Bertz CT molecular complexity index is 758. The molecular weight excluding hydrogens is 316 g/mol. The van der Waals surface area contributed by atoms with Crippen LogP contribution in [0.15, 0.2) is 59.2 Å². The molecule has 3 aromatic rings. The van der Waals surface area contributed by atoms with Crippen molar-refractivity contribution >= 4 is 26.8 Å². The molecule has 0 atom stereocenters. The summed E-state index contributed by atoms with van der Waals surface area (Å²) in [6, 6.07) is 15.7. The second kappa shape index (κ2) is 5.61. The largest absolute Gasteiger partial charge is 0.455 e. The first-order valence-electron chi connectivity index (χ1n) is 6.27. The van der Waals surface area contributed by atoms with Crippen molar-refractivity contribution in [2.45, 2.75) is 6.54 Å². The number of rotatable bonds is 3. The Morgan fingerprint density at radius 1 is 1.10 bits per heavy atom. The lowest BCUT2D eigenvalue weighted by Crippen LogP contribution is -1.99. The molecule has 0 spiro atoms. The lowest BCUT2D eigenvalue weighted by atomic mass is 10.2. The van der Waals surface area contributed by atoms with E-state index in [1.54, 1.807) is 6.20 Å². The summed E-state index contributed by atoms with van der Waals surface area (Å²) < 4.78 is 6.87. The SMILES string of the molecule is NCc1ccc(Br)cc1Oc1cnc2ccccc2c1.